The van der Waals surface area contributed by atoms with Crippen LogP contribution >= 0.6 is 23.5 Å². The van der Waals surface area contributed by atoms with Crippen molar-refractivity contribution in [3.05, 3.63) is 0 Å². The highest BCUT2D eigenvalue weighted by Crippen LogP contribution is 2.62. The van der Waals surface area contributed by atoms with E-state index in [1.165, 1.54) is 37.2 Å². The fourth-order valence-electron chi connectivity index (χ4n) is 2.02. The Morgan fingerprint density at radius 3 is 3.18 bits per heavy atom. The topological polar surface area (TPSA) is 0 Å². The molecule has 0 aromatic heterocycles. The first-order chi connectivity index (χ1) is 5.37. The van der Waals surface area contributed by atoms with E-state index in [0.717, 1.165) is 10.00 Å². The molecule has 0 spiro atoms. The largest absolute Gasteiger partial charge is 0.161 e. The molecule has 1 saturated heterocycles. The van der Waals surface area contributed by atoms with Gasteiger partial charge in [0.1, 0.15) is 0 Å². The third kappa shape index (κ3) is 1.57. The average Bonchev–Trinajstić information content (AvgIpc) is 2.75. The molecule has 2 aliphatic rings. The van der Waals surface area contributed by atoms with Crippen LogP contribution in [0.2, 0.25) is 0 Å². The fourth-order valence-corrected chi connectivity index (χ4v) is 4.91. The van der Waals surface area contributed by atoms with Crippen molar-refractivity contribution in [2.24, 2.45) is 0 Å². The van der Waals surface area contributed by atoms with Gasteiger partial charge >= 0.3 is 0 Å². The lowest BCUT2D eigenvalue weighted by atomic mass is 9.91. The summed E-state index contributed by atoms with van der Waals surface area (Å²) in [5.74, 6) is 2.73. The normalized spacial score (nSPS) is 41.7. The van der Waals surface area contributed by atoms with Crippen LogP contribution in [0, 0.1) is 0 Å². The third-order valence-electron chi connectivity index (χ3n) is 2.77. The summed E-state index contributed by atoms with van der Waals surface area (Å²) in [5, 5.41) is 1.07. The second kappa shape index (κ2) is 3.21. The van der Waals surface area contributed by atoms with Crippen molar-refractivity contribution in [1.29, 1.82) is 0 Å². The van der Waals surface area contributed by atoms with E-state index in [2.05, 4.69) is 30.4 Å². The van der Waals surface area contributed by atoms with Gasteiger partial charge in [0.15, 0.2) is 0 Å². The summed E-state index contributed by atoms with van der Waals surface area (Å²) in [6.07, 6.45) is 6.01. The highest BCUT2D eigenvalue weighted by Gasteiger charge is 2.55. The summed E-state index contributed by atoms with van der Waals surface area (Å²) in [7, 11) is 0. The zero-order valence-electron chi connectivity index (χ0n) is 7.14. The average molecular weight is 188 g/mol. The van der Waals surface area contributed by atoms with Gasteiger partial charge in [-0.15, -0.1) is 11.8 Å². The fraction of sp³-hybridized carbons (Fsp3) is 1.00. The van der Waals surface area contributed by atoms with Crippen LogP contribution in [0.5, 0.6) is 0 Å². The highest BCUT2D eigenvalue weighted by atomic mass is 32.2. The molecule has 0 bridgehead atoms. The number of fused-ring (bicyclic) bond motifs is 1. The van der Waals surface area contributed by atoms with Crippen molar-refractivity contribution in [1.82, 2.24) is 0 Å². The lowest BCUT2D eigenvalue weighted by Gasteiger charge is -2.18. The van der Waals surface area contributed by atoms with Crippen LogP contribution in [0.3, 0.4) is 0 Å². The van der Waals surface area contributed by atoms with Gasteiger partial charge in [-0.25, -0.2) is 0 Å². The molecule has 0 aromatic rings. The molecule has 2 unspecified atom stereocenters. The molecule has 64 valence electrons. The summed E-state index contributed by atoms with van der Waals surface area (Å²) >= 11 is 4.40. The van der Waals surface area contributed by atoms with Crippen LogP contribution in [0.4, 0.5) is 0 Å². The number of rotatable bonds is 3. The number of hydrogen-bond donors (Lipinski definition) is 0. The summed E-state index contributed by atoms with van der Waals surface area (Å²) in [4.78, 5) is 0. The van der Waals surface area contributed by atoms with Crippen molar-refractivity contribution in [3.63, 3.8) is 0 Å². The Hall–Kier alpha value is 0.700. The molecule has 2 rings (SSSR count). The molecule has 0 aromatic carbocycles. The van der Waals surface area contributed by atoms with Gasteiger partial charge in [-0.3, -0.25) is 0 Å². The molecule has 1 aliphatic heterocycles. The minimum atomic E-state index is 0.777. The van der Waals surface area contributed by atoms with E-state index in [1.54, 1.807) is 0 Å². The zero-order chi connectivity index (χ0) is 7.73. The van der Waals surface area contributed by atoms with Crippen molar-refractivity contribution < 1.29 is 0 Å². The van der Waals surface area contributed by atoms with E-state index in [1.807, 2.05) is 0 Å². The van der Waals surface area contributed by atoms with Crippen molar-refractivity contribution in [2.45, 2.75) is 42.6 Å². The maximum absolute atomic E-state index is 2.27. The highest BCUT2D eigenvalue weighted by molar-refractivity contribution is 8.10. The quantitative estimate of drug-likeness (QED) is 0.624. The summed E-state index contributed by atoms with van der Waals surface area (Å²) in [6.45, 7) is 2.27. The molecule has 1 saturated carbocycles. The Bertz CT molecular complexity index is 146. The van der Waals surface area contributed by atoms with Gasteiger partial charge in [0.2, 0.25) is 0 Å². The van der Waals surface area contributed by atoms with Crippen molar-refractivity contribution >= 4 is 23.5 Å². The Balaban J connectivity index is 1.82. The lowest BCUT2D eigenvalue weighted by molar-refractivity contribution is 0.492. The second-order valence-corrected chi connectivity index (χ2v) is 6.45. The molecule has 11 heavy (non-hydrogen) atoms. The maximum atomic E-state index is 2.27. The first-order valence-electron chi connectivity index (χ1n) is 4.63. The Morgan fingerprint density at radius 2 is 2.45 bits per heavy atom. The molecule has 1 heterocycles. The summed E-state index contributed by atoms with van der Waals surface area (Å²) in [6, 6.07) is 0. The molecule has 0 nitrogen and oxygen atoms in total. The van der Waals surface area contributed by atoms with E-state index >= 15 is 0 Å². The second-order valence-electron chi connectivity index (χ2n) is 3.55. The van der Waals surface area contributed by atoms with Crippen molar-refractivity contribution in [2.75, 3.05) is 11.5 Å². The van der Waals surface area contributed by atoms with Crippen LogP contribution in [0.25, 0.3) is 0 Å². The van der Waals surface area contributed by atoms with E-state index in [-0.39, 0.29) is 0 Å². The molecule has 2 fully saturated rings. The minimum absolute atomic E-state index is 0.777. The summed E-state index contributed by atoms with van der Waals surface area (Å²) in [5.41, 5.74) is 0. The zero-order valence-corrected chi connectivity index (χ0v) is 8.77. The number of thioether (sulfide) groups is 2. The molecular weight excluding hydrogens is 172 g/mol. The Morgan fingerprint density at radius 1 is 1.55 bits per heavy atom. The van der Waals surface area contributed by atoms with Gasteiger partial charge in [0.05, 0.1) is 0 Å². The van der Waals surface area contributed by atoms with Gasteiger partial charge in [0, 0.05) is 15.7 Å². The third-order valence-corrected chi connectivity index (χ3v) is 5.90. The first-order valence-corrected chi connectivity index (χ1v) is 6.66. The predicted octanol–water partition coefficient (Wildman–Crippen LogP) is 3.17. The van der Waals surface area contributed by atoms with Gasteiger partial charge in [-0.05, 0) is 18.6 Å². The molecule has 2 atom stereocenters. The van der Waals surface area contributed by atoms with Gasteiger partial charge in [-0.2, -0.15) is 11.8 Å². The molecule has 0 N–H and O–H groups in total. The monoisotopic (exact) mass is 188 g/mol. The molecular formula is C9H16S2. The van der Waals surface area contributed by atoms with E-state index in [0.29, 0.717) is 0 Å². The van der Waals surface area contributed by atoms with Crippen LogP contribution in [-0.4, -0.2) is 21.5 Å². The smallest absolute Gasteiger partial charge is 0.0372 e. The Labute approximate surface area is 77.9 Å². The first kappa shape index (κ1) is 8.31. The van der Waals surface area contributed by atoms with Crippen LogP contribution in [-0.2, 0) is 0 Å². The van der Waals surface area contributed by atoms with Gasteiger partial charge in [-0.1, -0.05) is 19.8 Å². The number of hydrogen-bond acceptors (Lipinski definition) is 2. The van der Waals surface area contributed by atoms with E-state index in [4.69, 9.17) is 0 Å². The lowest BCUT2D eigenvalue weighted by Crippen LogP contribution is -2.21. The van der Waals surface area contributed by atoms with Crippen molar-refractivity contribution in [3.8, 4) is 0 Å². The molecule has 2 heteroatoms. The van der Waals surface area contributed by atoms with Gasteiger partial charge in [0.25, 0.3) is 0 Å². The molecule has 0 radical (unpaired) electrons. The molecule has 1 aliphatic carbocycles. The Kier molecular flexibility index (Phi) is 2.43. The van der Waals surface area contributed by atoms with Gasteiger partial charge < -0.3 is 0 Å². The standard InChI is InChI=1S/C9H16S2/c1-2-10-7-9-6-4-3-5-8(9)11-9/h8H,2-7H2,1H3. The summed E-state index contributed by atoms with van der Waals surface area (Å²) < 4.78 is 0.777. The van der Waals surface area contributed by atoms with E-state index in [9.17, 15) is 0 Å². The van der Waals surface area contributed by atoms with Crippen LogP contribution in [0.15, 0.2) is 0 Å². The SMILES string of the molecule is CCSCC12CCCCC1S2. The minimum Gasteiger partial charge on any atom is -0.161 e. The van der Waals surface area contributed by atoms with Crippen LogP contribution in [0.1, 0.15) is 32.6 Å². The van der Waals surface area contributed by atoms with Crippen LogP contribution < -0.4 is 0 Å². The predicted molar refractivity (Wildman–Crippen MR) is 55.6 cm³/mol. The van der Waals surface area contributed by atoms with E-state index < -0.39 is 0 Å². The molecule has 0 amide bonds. The maximum Gasteiger partial charge on any atom is 0.0372 e.